The second-order valence-electron chi connectivity index (χ2n) is 5.78. The van der Waals surface area contributed by atoms with Gasteiger partial charge in [0.25, 0.3) is 0 Å². The number of amides is 2. The fourth-order valence-electron chi connectivity index (χ4n) is 2.84. The van der Waals surface area contributed by atoms with E-state index in [1.165, 1.54) is 11.0 Å². The first-order chi connectivity index (χ1) is 9.91. The van der Waals surface area contributed by atoms with Crippen LogP contribution in [0.3, 0.4) is 0 Å². The van der Waals surface area contributed by atoms with Crippen molar-refractivity contribution in [3.05, 3.63) is 35.6 Å². The molecule has 0 saturated carbocycles. The summed E-state index contributed by atoms with van der Waals surface area (Å²) in [4.78, 5) is 25.8. The van der Waals surface area contributed by atoms with Crippen molar-refractivity contribution in [1.82, 2.24) is 10.2 Å². The molecule has 2 atom stereocenters. The minimum absolute atomic E-state index is 0.0155. The zero-order chi connectivity index (χ0) is 15.6. The third-order valence-electron chi connectivity index (χ3n) is 3.85. The second-order valence-corrected chi connectivity index (χ2v) is 5.78. The third-order valence-corrected chi connectivity index (χ3v) is 3.85. The van der Waals surface area contributed by atoms with Gasteiger partial charge in [0.15, 0.2) is 0 Å². The van der Waals surface area contributed by atoms with Crippen LogP contribution >= 0.6 is 0 Å². The van der Waals surface area contributed by atoms with Crippen molar-refractivity contribution in [2.75, 3.05) is 7.05 Å². The Morgan fingerprint density at radius 1 is 1.38 bits per heavy atom. The van der Waals surface area contributed by atoms with Gasteiger partial charge in [-0.25, -0.2) is 4.39 Å². The van der Waals surface area contributed by atoms with Crippen molar-refractivity contribution in [1.29, 1.82) is 0 Å². The monoisotopic (exact) mass is 292 g/mol. The lowest BCUT2D eigenvalue weighted by Crippen LogP contribution is -2.47. The molecule has 0 aliphatic carbocycles. The summed E-state index contributed by atoms with van der Waals surface area (Å²) in [6, 6.07) is 5.80. The molecule has 0 aromatic heterocycles. The molecule has 2 rings (SSSR count). The van der Waals surface area contributed by atoms with Crippen molar-refractivity contribution in [3.63, 3.8) is 0 Å². The number of carbonyl (C=O) groups excluding carboxylic acids is 2. The summed E-state index contributed by atoms with van der Waals surface area (Å²) in [5.41, 5.74) is 0.400. The highest BCUT2D eigenvalue weighted by molar-refractivity contribution is 5.85. The second kappa shape index (κ2) is 6.24. The molecule has 1 aliphatic rings. The number of rotatable bonds is 3. The van der Waals surface area contributed by atoms with Gasteiger partial charge in [-0.15, -0.1) is 0 Å². The molecule has 1 N–H and O–H groups in total. The van der Waals surface area contributed by atoms with E-state index in [4.69, 9.17) is 0 Å². The molecule has 0 spiro atoms. The SMILES string of the molecule is CC(C)NC(=O)C1CCC(=O)N(C)C1c1ccccc1F. The van der Waals surface area contributed by atoms with Crippen LogP contribution in [0.4, 0.5) is 4.39 Å². The van der Waals surface area contributed by atoms with E-state index in [0.717, 1.165) is 0 Å². The Hall–Kier alpha value is -1.91. The summed E-state index contributed by atoms with van der Waals surface area (Å²) < 4.78 is 14.1. The number of nitrogens with one attached hydrogen (secondary N) is 1. The predicted molar refractivity (Wildman–Crippen MR) is 77.9 cm³/mol. The van der Waals surface area contributed by atoms with E-state index in [9.17, 15) is 14.0 Å². The van der Waals surface area contributed by atoms with Crippen molar-refractivity contribution >= 4 is 11.8 Å². The smallest absolute Gasteiger partial charge is 0.225 e. The van der Waals surface area contributed by atoms with Gasteiger partial charge in [0.2, 0.25) is 11.8 Å². The lowest BCUT2D eigenvalue weighted by Gasteiger charge is -2.38. The fraction of sp³-hybridized carbons (Fsp3) is 0.500. The van der Waals surface area contributed by atoms with Crippen LogP contribution in [0.1, 0.15) is 38.3 Å². The molecular weight excluding hydrogens is 271 g/mol. The highest BCUT2D eigenvalue weighted by Gasteiger charge is 2.39. The third kappa shape index (κ3) is 3.23. The van der Waals surface area contributed by atoms with Gasteiger partial charge in [0, 0.05) is 25.1 Å². The normalized spacial score (nSPS) is 22.5. The predicted octanol–water partition coefficient (Wildman–Crippen LogP) is 2.26. The minimum atomic E-state index is -0.550. The van der Waals surface area contributed by atoms with Crippen LogP contribution in [-0.4, -0.2) is 29.8 Å². The standard InChI is InChI=1S/C16H21FN2O2/c1-10(2)18-16(21)12-8-9-14(20)19(3)15(12)11-6-4-5-7-13(11)17/h4-7,10,12,15H,8-9H2,1-3H3,(H,18,21). The molecule has 1 fully saturated rings. The Balaban J connectivity index is 2.36. The molecule has 2 unspecified atom stereocenters. The maximum Gasteiger partial charge on any atom is 0.225 e. The first-order valence-electron chi connectivity index (χ1n) is 7.22. The first kappa shape index (κ1) is 15.5. The minimum Gasteiger partial charge on any atom is -0.354 e. The molecule has 1 aliphatic heterocycles. The van der Waals surface area contributed by atoms with Crippen molar-refractivity contribution in [3.8, 4) is 0 Å². The first-order valence-corrected chi connectivity index (χ1v) is 7.22. The van der Waals surface area contributed by atoms with E-state index in [2.05, 4.69) is 5.32 Å². The lowest BCUT2D eigenvalue weighted by atomic mass is 9.83. The molecule has 1 aromatic carbocycles. The molecule has 1 aromatic rings. The van der Waals surface area contributed by atoms with E-state index < -0.39 is 12.0 Å². The number of likely N-dealkylation sites (tertiary alicyclic amines) is 1. The average Bonchev–Trinajstić information content (AvgIpc) is 2.42. The van der Waals surface area contributed by atoms with Gasteiger partial charge < -0.3 is 10.2 Å². The van der Waals surface area contributed by atoms with Crippen LogP contribution in [0, 0.1) is 11.7 Å². The lowest BCUT2D eigenvalue weighted by molar-refractivity contribution is -0.141. The topological polar surface area (TPSA) is 49.4 Å². The summed E-state index contributed by atoms with van der Waals surface area (Å²) in [7, 11) is 1.63. The van der Waals surface area contributed by atoms with Gasteiger partial charge in [-0.3, -0.25) is 9.59 Å². The largest absolute Gasteiger partial charge is 0.354 e. The van der Waals surface area contributed by atoms with Crippen LogP contribution in [0.2, 0.25) is 0 Å². The summed E-state index contributed by atoms with van der Waals surface area (Å²) >= 11 is 0. The van der Waals surface area contributed by atoms with E-state index in [0.29, 0.717) is 18.4 Å². The number of benzene rings is 1. The van der Waals surface area contributed by atoms with E-state index in [1.807, 2.05) is 13.8 Å². The number of carbonyl (C=O) groups is 2. The molecule has 0 radical (unpaired) electrons. The number of hydrogen-bond donors (Lipinski definition) is 1. The van der Waals surface area contributed by atoms with Gasteiger partial charge in [-0.05, 0) is 26.3 Å². The molecule has 1 saturated heterocycles. The molecule has 1 heterocycles. The van der Waals surface area contributed by atoms with Crippen molar-refractivity contribution in [2.24, 2.45) is 5.92 Å². The van der Waals surface area contributed by atoms with Gasteiger partial charge >= 0.3 is 0 Å². The zero-order valence-corrected chi connectivity index (χ0v) is 12.6. The quantitative estimate of drug-likeness (QED) is 0.929. The molecule has 21 heavy (non-hydrogen) atoms. The fourth-order valence-corrected chi connectivity index (χ4v) is 2.84. The maximum atomic E-state index is 14.1. The Bertz CT molecular complexity index is 545. The highest BCUT2D eigenvalue weighted by atomic mass is 19.1. The Morgan fingerprint density at radius 3 is 2.67 bits per heavy atom. The molecule has 5 heteroatoms. The number of hydrogen-bond acceptors (Lipinski definition) is 2. The van der Waals surface area contributed by atoms with Gasteiger partial charge in [0.1, 0.15) is 5.82 Å². The van der Waals surface area contributed by atoms with Crippen LogP contribution in [0.25, 0.3) is 0 Å². The molecule has 2 amide bonds. The highest BCUT2D eigenvalue weighted by Crippen LogP contribution is 2.36. The van der Waals surface area contributed by atoms with Crippen LogP contribution in [0.5, 0.6) is 0 Å². The van der Waals surface area contributed by atoms with Crippen LogP contribution in [0.15, 0.2) is 24.3 Å². The zero-order valence-electron chi connectivity index (χ0n) is 12.6. The summed E-state index contributed by atoms with van der Waals surface area (Å²) in [6.07, 6.45) is 0.762. The molecular formula is C16H21FN2O2. The van der Waals surface area contributed by atoms with Gasteiger partial charge in [-0.1, -0.05) is 18.2 Å². The van der Waals surface area contributed by atoms with Crippen LogP contribution in [-0.2, 0) is 9.59 Å². The van der Waals surface area contributed by atoms with Gasteiger partial charge in [-0.2, -0.15) is 0 Å². The van der Waals surface area contributed by atoms with E-state index in [1.54, 1.807) is 25.2 Å². The summed E-state index contributed by atoms with van der Waals surface area (Å²) in [5, 5.41) is 2.87. The van der Waals surface area contributed by atoms with Crippen LogP contribution < -0.4 is 5.32 Å². The van der Waals surface area contributed by atoms with Crippen molar-refractivity contribution < 1.29 is 14.0 Å². The number of nitrogens with zero attached hydrogens (tertiary/aromatic N) is 1. The summed E-state index contributed by atoms with van der Waals surface area (Å²) in [6.45, 7) is 3.77. The molecule has 4 nitrogen and oxygen atoms in total. The summed E-state index contributed by atoms with van der Waals surface area (Å²) in [5.74, 6) is -0.993. The Labute approximate surface area is 124 Å². The average molecular weight is 292 g/mol. The Morgan fingerprint density at radius 2 is 2.05 bits per heavy atom. The van der Waals surface area contributed by atoms with Crippen molar-refractivity contribution in [2.45, 2.75) is 38.8 Å². The van der Waals surface area contributed by atoms with Gasteiger partial charge in [0.05, 0.1) is 12.0 Å². The van der Waals surface area contributed by atoms with E-state index >= 15 is 0 Å². The molecule has 0 bridgehead atoms. The maximum absolute atomic E-state index is 14.1. The molecule has 114 valence electrons. The Kier molecular flexibility index (Phi) is 4.60. The number of piperidine rings is 1. The number of halogens is 1. The van der Waals surface area contributed by atoms with E-state index in [-0.39, 0.29) is 23.7 Å².